The van der Waals surface area contributed by atoms with Gasteiger partial charge >= 0.3 is 0 Å². The molecule has 0 atom stereocenters. The normalized spacial score (nSPS) is 17.8. The van der Waals surface area contributed by atoms with Gasteiger partial charge < -0.3 is 20.3 Å². The van der Waals surface area contributed by atoms with Crippen LogP contribution in [0.5, 0.6) is 0 Å². The van der Waals surface area contributed by atoms with Crippen LogP contribution in [0.25, 0.3) is 0 Å². The lowest BCUT2D eigenvalue weighted by Crippen LogP contribution is -2.57. The minimum atomic E-state index is 0.120. The van der Waals surface area contributed by atoms with Gasteiger partial charge in [-0.3, -0.25) is 0 Å². The SMILES string of the molecule is CCNC(=NCc1ccc(Cl)cc1)NCC1(N(C)C)CCOCC1. The van der Waals surface area contributed by atoms with Gasteiger partial charge in [0.05, 0.1) is 6.54 Å². The summed E-state index contributed by atoms with van der Waals surface area (Å²) in [5.41, 5.74) is 1.26. The highest BCUT2D eigenvalue weighted by atomic mass is 35.5. The Morgan fingerprint density at radius 1 is 1.21 bits per heavy atom. The molecule has 0 saturated carbocycles. The fourth-order valence-electron chi connectivity index (χ4n) is 2.88. The molecule has 0 bridgehead atoms. The van der Waals surface area contributed by atoms with Crippen LogP contribution in [0, 0.1) is 0 Å². The Morgan fingerprint density at radius 3 is 2.46 bits per heavy atom. The van der Waals surface area contributed by atoms with Crippen LogP contribution >= 0.6 is 11.6 Å². The van der Waals surface area contributed by atoms with Crippen molar-refractivity contribution in [2.24, 2.45) is 4.99 Å². The van der Waals surface area contributed by atoms with E-state index in [4.69, 9.17) is 16.3 Å². The van der Waals surface area contributed by atoms with Gasteiger partial charge in [-0.15, -0.1) is 0 Å². The van der Waals surface area contributed by atoms with E-state index in [0.717, 1.165) is 55.7 Å². The predicted molar refractivity (Wildman–Crippen MR) is 101 cm³/mol. The van der Waals surface area contributed by atoms with Crippen molar-refractivity contribution in [3.8, 4) is 0 Å². The zero-order chi connectivity index (χ0) is 17.4. The number of guanidine groups is 1. The van der Waals surface area contributed by atoms with Crippen molar-refractivity contribution in [3.05, 3.63) is 34.9 Å². The van der Waals surface area contributed by atoms with Crippen molar-refractivity contribution < 1.29 is 4.74 Å². The van der Waals surface area contributed by atoms with E-state index in [1.165, 1.54) is 0 Å². The quantitative estimate of drug-likeness (QED) is 0.610. The molecular formula is C18H29ClN4O. The van der Waals surface area contributed by atoms with Crippen molar-refractivity contribution in [2.45, 2.75) is 31.8 Å². The van der Waals surface area contributed by atoms with E-state index in [9.17, 15) is 0 Å². The molecule has 0 aliphatic carbocycles. The molecule has 1 aromatic rings. The van der Waals surface area contributed by atoms with Gasteiger partial charge in [0.2, 0.25) is 0 Å². The summed E-state index contributed by atoms with van der Waals surface area (Å²) in [5, 5.41) is 7.58. The summed E-state index contributed by atoms with van der Waals surface area (Å²) in [6, 6.07) is 7.82. The topological polar surface area (TPSA) is 48.9 Å². The standard InChI is InChI=1S/C18H29ClN4O/c1-4-20-17(21-13-15-5-7-16(19)8-6-15)22-14-18(23(2)3)9-11-24-12-10-18/h5-8H,4,9-14H2,1-3H3,(H2,20,21,22). The number of benzene rings is 1. The van der Waals surface area contributed by atoms with Crippen molar-refractivity contribution in [1.29, 1.82) is 0 Å². The molecule has 0 amide bonds. The molecular weight excluding hydrogens is 324 g/mol. The second-order valence-corrected chi connectivity index (χ2v) is 6.84. The molecule has 1 aliphatic rings. The number of ether oxygens (including phenoxy) is 1. The highest BCUT2D eigenvalue weighted by molar-refractivity contribution is 6.30. The Labute approximate surface area is 150 Å². The van der Waals surface area contributed by atoms with Crippen molar-refractivity contribution in [1.82, 2.24) is 15.5 Å². The zero-order valence-corrected chi connectivity index (χ0v) is 15.7. The number of hydrogen-bond donors (Lipinski definition) is 2. The van der Waals surface area contributed by atoms with Gasteiger partial charge in [0.1, 0.15) is 0 Å². The first kappa shape index (κ1) is 19.0. The third-order valence-electron chi connectivity index (χ3n) is 4.63. The zero-order valence-electron chi connectivity index (χ0n) is 14.9. The Kier molecular flexibility index (Phi) is 7.34. The molecule has 0 radical (unpaired) electrons. The predicted octanol–water partition coefficient (Wildman–Crippen LogP) is 2.51. The van der Waals surface area contributed by atoms with Crippen LogP contribution in [0.3, 0.4) is 0 Å². The lowest BCUT2D eigenvalue weighted by atomic mass is 9.88. The maximum absolute atomic E-state index is 5.93. The lowest BCUT2D eigenvalue weighted by Gasteiger charge is -2.43. The van der Waals surface area contributed by atoms with Gasteiger partial charge in [-0.05, 0) is 51.6 Å². The minimum absolute atomic E-state index is 0.120. The highest BCUT2D eigenvalue weighted by Gasteiger charge is 2.34. The van der Waals surface area contributed by atoms with E-state index in [-0.39, 0.29) is 5.54 Å². The van der Waals surface area contributed by atoms with Crippen molar-refractivity contribution in [2.75, 3.05) is 40.4 Å². The summed E-state index contributed by atoms with van der Waals surface area (Å²) in [6.45, 7) is 6.04. The summed E-state index contributed by atoms with van der Waals surface area (Å²) < 4.78 is 5.53. The van der Waals surface area contributed by atoms with Crippen LogP contribution in [-0.4, -0.2) is 56.8 Å². The number of likely N-dealkylation sites (N-methyl/N-ethyl adjacent to an activating group) is 1. The fourth-order valence-corrected chi connectivity index (χ4v) is 3.01. The third kappa shape index (κ3) is 5.36. The van der Waals surface area contributed by atoms with E-state index in [1.54, 1.807) is 0 Å². The monoisotopic (exact) mass is 352 g/mol. The Morgan fingerprint density at radius 2 is 1.88 bits per heavy atom. The van der Waals surface area contributed by atoms with E-state index in [0.29, 0.717) is 6.54 Å². The summed E-state index contributed by atoms with van der Waals surface area (Å²) in [4.78, 5) is 7.00. The number of halogens is 1. The number of nitrogens with one attached hydrogen (secondary N) is 2. The largest absolute Gasteiger partial charge is 0.381 e. The number of nitrogens with zero attached hydrogens (tertiary/aromatic N) is 2. The molecule has 6 heteroatoms. The van der Waals surface area contributed by atoms with E-state index in [1.807, 2.05) is 24.3 Å². The van der Waals surface area contributed by atoms with Crippen LogP contribution in [0.15, 0.2) is 29.3 Å². The van der Waals surface area contributed by atoms with E-state index < -0.39 is 0 Å². The molecule has 1 aliphatic heterocycles. The molecule has 5 nitrogen and oxygen atoms in total. The van der Waals surface area contributed by atoms with Crippen LogP contribution in [0.2, 0.25) is 5.02 Å². The molecule has 2 N–H and O–H groups in total. The number of aliphatic imine (C=N–C) groups is 1. The molecule has 1 fully saturated rings. The Hall–Kier alpha value is -1.30. The van der Waals surface area contributed by atoms with E-state index >= 15 is 0 Å². The van der Waals surface area contributed by atoms with Crippen LogP contribution < -0.4 is 10.6 Å². The summed E-state index contributed by atoms with van der Waals surface area (Å²) in [5.74, 6) is 0.847. The van der Waals surface area contributed by atoms with E-state index in [2.05, 4.69) is 41.5 Å². The smallest absolute Gasteiger partial charge is 0.191 e. The van der Waals surface area contributed by atoms with Crippen LogP contribution in [0.1, 0.15) is 25.3 Å². The summed E-state index contributed by atoms with van der Waals surface area (Å²) >= 11 is 5.93. The minimum Gasteiger partial charge on any atom is -0.381 e. The average molecular weight is 353 g/mol. The van der Waals surface area contributed by atoms with Crippen molar-refractivity contribution >= 4 is 17.6 Å². The van der Waals surface area contributed by atoms with Crippen LogP contribution in [0.4, 0.5) is 0 Å². The lowest BCUT2D eigenvalue weighted by molar-refractivity contribution is -0.00501. The maximum atomic E-state index is 5.93. The third-order valence-corrected chi connectivity index (χ3v) is 4.89. The van der Waals surface area contributed by atoms with Crippen molar-refractivity contribution in [3.63, 3.8) is 0 Å². The first-order valence-electron chi connectivity index (χ1n) is 8.57. The second-order valence-electron chi connectivity index (χ2n) is 6.41. The molecule has 1 saturated heterocycles. The van der Waals surface area contributed by atoms with Gasteiger partial charge in [-0.25, -0.2) is 4.99 Å². The number of hydrogen-bond acceptors (Lipinski definition) is 3. The van der Waals surface area contributed by atoms with Gasteiger partial charge in [0.25, 0.3) is 0 Å². The van der Waals surface area contributed by atoms with Gasteiger partial charge in [0.15, 0.2) is 5.96 Å². The number of rotatable bonds is 6. The van der Waals surface area contributed by atoms with Gasteiger partial charge in [-0.1, -0.05) is 23.7 Å². The van der Waals surface area contributed by atoms with Gasteiger partial charge in [-0.2, -0.15) is 0 Å². The Bertz CT molecular complexity index is 524. The Balaban J connectivity index is 1.98. The maximum Gasteiger partial charge on any atom is 0.191 e. The molecule has 1 aromatic carbocycles. The van der Waals surface area contributed by atoms with Crippen LogP contribution in [-0.2, 0) is 11.3 Å². The molecule has 1 heterocycles. The molecule has 134 valence electrons. The molecule has 0 spiro atoms. The second kappa shape index (κ2) is 9.25. The highest BCUT2D eigenvalue weighted by Crippen LogP contribution is 2.25. The molecule has 24 heavy (non-hydrogen) atoms. The first-order chi connectivity index (χ1) is 11.6. The molecule has 0 unspecified atom stereocenters. The fraction of sp³-hybridized carbons (Fsp3) is 0.611. The van der Waals surface area contributed by atoms with Gasteiger partial charge in [0, 0.05) is 36.9 Å². The summed E-state index contributed by atoms with van der Waals surface area (Å²) in [7, 11) is 4.29. The average Bonchev–Trinajstić information content (AvgIpc) is 2.59. The summed E-state index contributed by atoms with van der Waals surface area (Å²) in [6.07, 6.45) is 2.06. The molecule has 2 rings (SSSR count). The molecule has 0 aromatic heterocycles. The first-order valence-corrected chi connectivity index (χ1v) is 8.95.